The third kappa shape index (κ3) is 8.92. The van der Waals surface area contributed by atoms with Crippen molar-refractivity contribution in [3.63, 3.8) is 0 Å². The maximum atomic E-state index is 5.51. The van der Waals surface area contributed by atoms with E-state index < -0.39 is 0 Å². The molecule has 0 spiro atoms. The molecule has 0 saturated heterocycles. The summed E-state index contributed by atoms with van der Waals surface area (Å²) in [6, 6.07) is 9.66. The van der Waals surface area contributed by atoms with Crippen LogP contribution in [-0.2, 0) is 0 Å². The maximum Gasteiger partial charge on any atom is 0.262 e. The highest BCUT2D eigenvalue weighted by atomic mass is 32.1. The minimum absolute atomic E-state index is 0.471. The van der Waals surface area contributed by atoms with Gasteiger partial charge in [-0.2, -0.15) is 0 Å². The fourth-order valence-electron chi connectivity index (χ4n) is 2.08. The number of hydrogen-bond acceptors (Lipinski definition) is 2. The van der Waals surface area contributed by atoms with Crippen LogP contribution in [0.3, 0.4) is 0 Å². The lowest BCUT2D eigenvalue weighted by Gasteiger charge is -2.09. The highest BCUT2D eigenvalue weighted by molar-refractivity contribution is 7.80. The van der Waals surface area contributed by atoms with Gasteiger partial charge in [-0.05, 0) is 30.8 Å². The molecule has 2 nitrogen and oxygen atoms in total. The van der Waals surface area contributed by atoms with Gasteiger partial charge in [0.25, 0.3) is 5.17 Å². The standard InChI is InChI=1S/C17H27NOS/c1-2-3-4-5-6-7-8-12-15-18-17(20)19-16-13-10-9-11-14-16/h9-11,13-14H,2-8,12,15H2,1H3,(H,18,20). The molecule has 1 aromatic carbocycles. The minimum atomic E-state index is 0.471. The van der Waals surface area contributed by atoms with E-state index in [9.17, 15) is 0 Å². The summed E-state index contributed by atoms with van der Waals surface area (Å²) >= 11 is 5.15. The molecule has 0 unspecified atom stereocenters. The normalized spacial score (nSPS) is 10.2. The van der Waals surface area contributed by atoms with Crippen molar-refractivity contribution in [2.75, 3.05) is 6.54 Å². The lowest BCUT2D eigenvalue weighted by molar-refractivity contribution is 0.521. The number of rotatable bonds is 10. The van der Waals surface area contributed by atoms with E-state index in [-0.39, 0.29) is 0 Å². The molecule has 0 aromatic heterocycles. The Hall–Kier alpha value is -1.09. The molecule has 1 aromatic rings. The van der Waals surface area contributed by atoms with Crippen LogP contribution in [-0.4, -0.2) is 11.7 Å². The van der Waals surface area contributed by atoms with Gasteiger partial charge in [0.05, 0.1) is 0 Å². The van der Waals surface area contributed by atoms with Crippen LogP contribution < -0.4 is 10.1 Å². The summed E-state index contributed by atoms with van der Waals surface area (Å²) in [7, 11) is 0. The predicted molar refractivity (Wildman–Crippen MR) is 90.3 cm³/mol. The largest absolute Gasteiger partial charge is 0.432 e. The SMILES string of the molecule is CCCCCCCCCCNC(=S)Oc1ccccc1. The molecule has 112 valence electrons. The minimum Gasteiger partial charge on any atom is -0.432 e. The number of thiocarbonyl (C=S) groups is 1. The van der Waals surface area contributed by atoms with E-state index in [2.05, 4.69) is 12.2 Å². The number of hydrogen-bond donors (Lipinski definition) is 1. The van der Waals surface area contributed by atoms with Gasteiger partial charge in [0, 0.05) is 6.54 Å². The second kappa shape index (κ2) is 11.7. The van der Waals surface area contributed by atoms with Gasteiger partial charge in [0.15, 0.2) is 0 Å². The summed E-state index contributed by atoms with van der Waals surface area (Å²) in [6.45, 7) is 3.16. The molecular formula is C17H27NOS. The number of nitrogens with one attached hydrogen (secondary N) is 1. The Morgan fingerprint density at radius 3 is 2.20 bits per heavy atom. The zero-order valence-electron chi connectivity index (χ0n) is 12.6. The maximum absolute atomic E-state index is 5.51. The van der Waals surface area contributed by atoms with E-state index >= 15 is 0 Å². The van der Waals surface area contributed by atoms with Gasteiger partial charge in [0.1, 0.15) is 5.75 Å². The first kappa shape index (κ1) is 17.0. The molecule has 0 bridgehead atoms. The van der Waals surface area contributed by atoms with Crippen molar-refractivity contribution in [2.24, 2.45) is 0 Å². The molecule has 1 rings (SSSR count). The summed E-state index contributed by atoms with van der Waals surface area (Å²) in [6.07, 6.45) is 10.6. The first-order valence-electron chi connectivity index (χ1n) is 7.83. The molecule has 0 radical (unpaired) electrons. The zero-order valence-corrected chi connectivity index (χ0v) is 13.4. The van der Waals surface area contributed by atoms with Crippen molar-refractivity contribution in [1.29, 1.82) is 0 Å². The van der Waals surface area contributed by atoms with Crippen LogP contribution in [0.5, 0.6) is 5.75 Å². The molecule has 0 aliphatic carbocycles. The summed E-state index contributed by atoms with van der Waals surface area (Å²) in [5.41, 5.74) is 0. The molecule has 1 N–H and O–H groups in total. The van der Waals surface area contributed by atoms with Crippen LogP contribution in [0.2, 0.25) is 0 Å². The number of para-hydroxylation sites is 1. The fourth-order valence-corrected chi connectivity index (χ4v) is 2.28. The van der Waals surface area contributed by atoms with E-state index in [1.807, 2.05) is 30.3 Å². The van der Waals surface area contributed by atoms with Gasteiger partial charge in [-0.1, -0.05) is 70.1 Å². The lowest BCUT2D eigenvalue weighted by Crippen LogP contribution is -2.27. The van der Waals surface area contributed by atoms with Gasteiger partial charge < -0.3 is 10.1 Å². The topological polar surface area (TPSA) is 21.3 Å². The van der Waals surface area contributed by atoms with Gasteiger partial charge in [-0.15, -0.1) is 0 Å². The van der Waals surface area contributed by atoms with Gasteiger partial charge in [-0.25, -0.2) is 0 Å². The van der Waals surface area contributed by atoms with E-state index in [0.29, 0.717) is 5.17 Å². The van der Waals surface area contributed by atoms with Crippen LogP contribution in [0.4, 0.5) is 0 Å². The Bertz CT molecular complexity index is 353. The van der Waals surface area contributed by atoms with Crippen LogP contribution in [0.15, 0.2) is 30.3 Å². The van der Waals surface area contributed by atoms with Crippen LogP contribution in [0.25, 0.3) is 0 Å². The Morgan fingerprint density at radius 1 is 0.950 bits per heavy atom. The smallest absolute Gasteiger partial charge is 0.262 e. The van der Waals surface area contributed by atoms with Crippen molar-refractivity contribution >= 4 is 17.4 Å². The van der Waals surface area contributed by atoms with E-state index in [0.717, 1.165) is 18.7 Å². The third-order valence-corrected chi connectivity index (χ3v) is 3.48. The molecule has 0 aliphatic heterocycles. The molecule has 0 saturated carbocycles. The van der Waals surface area contributed by atoms with E-state index in [4.69, 9.17) is 17.0 Å². The monoisotopic (exact) mass is 293 g/mol. The number of ether oxygens (including phenoxy) is 1. The second-order valence-electron chi connectivity index (χ2n) is 5.10. The summed E-state index contributed by atoms with van der Waals surface area (Å²) in [5, 5.41) is 3.62. The third-order valence-electron chi connectivity index (χ3n) is 3.25. The van der Waals surface area contributed by atoms with Crippen LogP contribution in [0.1, 0.15) is 58.3 Å². The van der Waals surface area contributed by atoms with Gasteiger partial charge >= 0.3 is 0 Å². The Morgan fingerprint density at radius 2 is 1.55 bits per heavy atom. The van der Waals surface area contributed by atoms with E-state index in [1.54, 1.807) is 0 Å². The molecule has 0 amide bonds. The first-order valence-corrected chi connectivity index (χ1v) is 8.24. The zero-order chi connectivity index (χ0) is 14.5. The van der Waals surface area contributed by atoms with Crippen molar-refractivity contribution < 1.29 is 4.74 Å². The van der Waals surface area contributed by atoms with Crippen molar-refractivity contribution in [2.45, 2.75) is 58.3 Å². The average molecular weight is 293 g/mol. The quantitative estimate of drug-likeness (QED) is 0.480. The van der Waals surface area contributed by atoms with Crippen LogP contribution >= 0.6 is 12.2 Å². The van der Waals surface area contributed by atoms with Gasteiger partial charge in [0.2, 0.25) is 0 Å². The molecule has 0 fully saturated rings. The van der Waals surface area contributed by atoms with E-state index in [1.165, 1.54) is 44.9 Å². The lowest BCUT2D eigenvalue weighted by atomic mass is 10.1. The Balaban J connectivity index is 1.92. The van der Waals surface area contributed by atoms with Crippen LogP contribution in [0, 0.1) is 0 Å². The van der Waals surface area contributed by atoms with Crippen molar-refractivity contribution in [1.82, 2.24) is 5.32 Å². The van der Waals surface area contributed by atoms with Crippen molar-refractivity contribution in [3.05, 3.63) is 30.3 Å². The fraction of sp³-hybridized carbons (Fsp3) is 0.588. The second-order valence-corrected chi connectivity index (χ2v) is 5.48. The first-order chi connectivity index (χ1) is 9.83. The number of benzene rings is 1. The Labute approximate surface area is 128 Å². The highest BCUT2D eigenvalue weighted by Gasteiger charge is 1.98. The summed E-state index contributed by atoms with van der Waals surface area (Å²) < 4.78 is 5.51. The highest BCUT2D eigenvalue weighted by Crippen LogP contribution is 2.09. The molecule has 0 atom stereocenters. The van der Waals surface area contributed by atoms with Crippen molar-refractivity contribution in [3.8, 4) is 5.75 Å². The molecular weight excluding hydrogens is 266 g/mol. The molecule has 20 heavy (non-hydrogen) atoms. The van der Waals surface area contributed by atoms with Gasteiger partial charge in [-0.3, -0.25) is 0 Å². The average Bonchev–Trinajstić information content (AvgIpc) is 2.46. The molecule has 0 heterocycles. The Kier molecular flexibility index (Phi) is 9.93. The number of unbranched alkanes of at least 4 members (excludes halogenated alkanes) is 7. The predicted octanol–water partition coefficient (Wildman–Crippen LogP) is 5.08. The summed E-state index contributed by atoms with van der Waals surface area (Å²) in [5.74, 6) is 0.793. The summed E-state index contributed by atoms with van der Waals surface area (Å²) in [4.78, 5) is 0. The molecule has 0 aliphatic rings. The molecule has 3 heteroatoms.